The highest BCUT2D eigenvalue weighted by Crippen LogP contribution is 2.46. The van der Waals surface area contributed by atoms with Crippen LogP contribution in [0, 0.1) is 59.2 Å². The molecule has 0 bridgehead atoms. The van der Waals surface area contributed by atoms with Gasteiger partial charge in [0.1, 0.15) is 37.1 Å². The Kier molecular flexibility index (Phi) is 31.2. The topological polar surface area (TPSA) is 238 Å². The van der Waals surface area contributed by atoms with Crippen molar-refractivity contribution in [2.24, 2.45) is 59.2 Å². The molecule has 0 aliphatic carbocycles. The fourth-order valence-electron chi connectivity index (χ4n) is 15.7. The second kappa shape index (κ2) is 40.0. The third kappa shape index (κ3) is 21.6. The minimum absolute atomic E-state index is 0.00618. The van der Waals surface area contributed by atoms with Gasteiger partial charge in [0.2, 0.25) is 0 Å². The summed E-state index contributed by atoms with van der Waals surface area (Å²) < 4.78 is 122. The van der Waals surface area contributed by atoms with Crippen molar-refractivity contribution in [3.05, 3.63) is 144 Å². The number of ether oxygens (including phenoxy) is 18. The van der Waals surface area contributed by atoms with Gasteiger partial charge in [-0.2, -0.15) is 0 Å². The molecule has 1 amide bonds. The molecule has 6 heterocycles. The summed E-state index contributed by atoms with van der Waals surface area (Å²) in [4.78, 5) is 56.6. The van der Waals surface area contributed by atoms with E-state index in [0.717, 1.165) is 35.1 Å². The van der Waals surface area contributed by atoms with Gasteiger partial charge in [0.05, 0.1) is 63.6 Å². The smallest absolute Gasteiger partial charge is 0.410 e. The number of rotatable bonds is 31. The third-order valence-electron chi connectivity index (χ3n) is 23.9. The highest BCUT2D eigenvalue weighted by atomic mass is 16.8. The van der Waals surface area contributed by atoms with Crippen molar-refractivity contribution >= 4 is 24.0 Å². The van der Waals surface area contributed by atoms with E-state index in [2.05, 4.69) is 48.5 Å². The van der Waals surface area contributed by atoms with Crippen molar-refractivity contribution in [3.63, 3.8) is 0 Å². The zero-order valence-electron chi connectivity index (χ0n) is 66.4. The number of benzene rings is 4. The maximum Gasteiger partial charge on any atom is 0.410 e. The van der Waals surface area contributed by atoms with E-state index in [1.54, 1.807) is 4.90 Å². The molecular weight excluding hydrogens is 1390 g/mol. The van der Waals surface area contributed by atoms with Crippen molar-refractivity contribution < 1.29 is 104 Å². The van der Waals surface area contributed by atoms with Crippen LogP contribution >= 0.6 is 0 Å². The van der Waals surface area contributed by atoms with Crippen LogP contribution in [0.3, 0.4) is 0 Å². The van der Waals surface area contributed by atoms with Crippen molar-refractivity contribution in [3.8, 4) is 0 Å². The van der Waals surface area contributed by atoms with E-state index < -0.39 is 135 Å². The second-order valence-electron chi connectivity index (χ2n) is 31.2. The second-order valence-corrected chi connectivity index (χ2v) is 31.2. The van der Waals surface area contributed by atoms with E-state index >= 15 is 0 Å². The first-order valence-corrected chi connectivity index (χ1v) is 39.3. The van der Waals surface area contributed by atoms with Crippen molar-refractivity contribution in [2.75, 3.05) is 26.9 Å². The quantitative estimate of drug-likeness (QED) is 0.0258. The van der Waals surface area contributed by atoms with Gasteiger partial charge in [-0.3, -0.25) is 9.59 Å². The summed E-state index contributed by atoms with van der Waals surface area (Å²) >= 11 is 0. The van der Waals surface area contributed by atoms with Gasteiger partial charge in [-0.05, 0) is 111 Å². The lowest BCUT2D eigenvalue weighted by Gasteiger charge is -2.52. The number of unbranched alkanes of at least 4 members (excludes halogenated alkanes) is 2. The average Bonchev–Trinajstić information content (AvgIpc) is 0.754. The summed E-state index contributed by atoms with van der Waals surface area (Å²) in [5.41, 5.74) is 3.80. The first kappa shape index (κ1) is 84.4. The predicted octanol–water partition coefficient (Wildman–Crippen LogP) is 13.6. The fraction of sp³-hybridized carbons (Fsp3) is 0.671. The van der Waals surface area contributed by atoms with Gasteiger partial charge in [-0.25, -0.2) is 9.59 Å². The number of methoxy groups -OCH3 is 1. The zero-order chi connectivity index (χ0) is 77.5. The molecule has 0 radical (unpaired) electrons. The molecule has 108 heavy (non-hydrogen) atoms. The standard InChI is InChI=1S/C85H121NO22/c1-48-52(5)71(80(96-58(48)11)93-42-32-22-31-41-86(43-64-33-23-18-24-34-64)85(90)95-46-67-39-29-21-30-40-67)105-83-74(55(8)51(4)61(14)99-83)106-82-73(54(7)50(3)60(13)98-82)104-79-57(10)70(76(77(108-79)78(89)91-17)107-81-72(100-62(15)87)53(6)49(2)59(12)97-81)103-84-75(101-63(16)88)56(9)69(94-45-66-37-27-20-28-38-66)68(102-84)47-92-44-65-35-25-19-26-36-65/h18-21,23-30,33-40,48-61,68-77,79-84H,22,31-32,41-47H2,1-17H3/t48-,49-,50-,51-,52?,53?,54?,55?,56+,57?,58+,59+,60+,61+,68?,69-,70-,71?,72?,73?,74?,75?,76-,77?,79+,80-,81+,82+,83+,84+/m1/s1. The monoisotopic (exact) mass is 1510 g/mol. The van der Waals surface area contributed by atoms with Gasteiger partial charge in [0, 0.05) is 51.3 Å². The van der Waals surface area contributed by atoms with E-state index in [-0.39, 0.29) is 98.2 Å². The number of nitrogens with zero attached hydrogens (tertiary/aromatic N) is 1. The normalized spacial score (nSPS) is 37.2. The van der Waals surface area contributed by atoms with E-state index in [9.17, 15) is 19.2 Å². The minimum atomic E-state index is -1.59. The molecule has 6 fully saturated rings. The third-order valence-corrected chi connectivity index (χ3v) is 23.9. The van der Waals surface area contributed by atoms with Crippen LogP contribution in [-0.4, -0.2) is 179 Å². The van der Waals surface area contributed by atoms with Crippen LogP contribution in [0.4, 0.5) is 4.79 Å². The Morgan fingerprint density at radius 2 is 0.778 bits per heavy atom. The molecule has 0 saturated carbocycles. The molecular formula is C85H121NO22. The Morgan fingerprint density at radius 1 is 0.370 bits per heavy atom. The summed E-state index contributed by atoms with van der Waals surface area (Å²) in [7, 11) is 1.25. The zero-order valence-corrected chi connectivity index (χ0v) is 66.4. The first-order chi connectivity index (χ1) is 51.8. The summed E-state index contributed by atoms with van der Waals surface area (Å²) in [5, 5.41) is 0. The van der Waals surface area contributed by atoms with Gasteiger partial charge in [0.15, 0.2) is 56.1 Å². The summed E-state index contributed by atoms with van der Waals surface area (Å²) in [5.74, 6) is -4.29. The Hall–Kier alpha value is -6.00. The molecule has 4 aromatic rings. The van der Waals surface area contributed by atoms with E-state index in [4.69, 9.17) is 85.3 Å². The minimum Gasteiger partial charge on any atom is -0.467 e. The predicted molar refractivity (Wildman–Crippen MR) is 398 cm³/mol. The number of hydrogen-bond acceptors (Lipinski definition) is 22. The van der Waals surface area contributed by atoms with E-state index in [1.165, 1.54) is 21.0 Å². The number of amides is 1. The molecule has 0 N–H and O–H groups in total. The van der Waals surface area contributed by atoms with E-state index in [1.807, 2.05) is 170 Å². The average molecular weight is 1510 g/mol. The van der Waals surface area contributed by atoms with Crippen molar-refractivity contribution in [2.45, 2.75) is 280 Å². The Labute approximate surface area is 639 Å². The SMILES string of the molecule is COC(=O)C1O[C@H](OC2C(C)[C@@H](C)[C@H](C)O[C@H]2OC2C(C)[C@@H](C)[C@H](C)O[C@H]2OC2C(C)[C@@H](C)[C@H](C)O[C@H]2OCCCCCN(Cc2ccccc2)C(=O)OCc2ccccc2)C(C)[C@@H](O[C@@H]2OC(COCc3ccccc3)[C@H](OCc3ccccc3)[C@H](C)C2OC(C)=O)[C@H]1O[C@@H]1O[C@@H](C)[C@H](C)C(C)C1OC(C)=O. The van der Waals surface area contributed by atoms with E-state index in [0.29, 0.717) is 26.1 Å². The van der Waals surface area contributed by atoms with Crippen LogP contribution in [0.15, 0.2) is 121 Å². The fourth-order valence-corrected chi connectivity index (χ4v) is 15.7. The van der Waals surface area contributed by atoms with Gasteiger partial charge in [-0.15, -0.1) is 0 Å². The number of carbonyl (C=O) groups excluding carboxylic acids is 4. The van der Waals surface area contributed by atoms with Gasteiger partial charge in [-0.1, -0.05) is 191 Å². The van der Waals surface area contributed by atoms with Crippen LogP contribution in [0.5, 0.6) is 0 Å². The molecule has 6 aliphatic rings. The Balaban J connectivity index is 0.914. The van der Waals surface area contributed by atoms with Gasteiger partial charge < -0.3 is 90.2 Å². The van der Waals surface area contributed by atoms with Crippen molar-refractivity contribution in [1.82, 2.24) is 4.90 Å². The lowest BCUT2D eigenvalue weighted by molar-refractivity contribution is -0.396. The molecule has 6 saturated heterocycles. The van der Waals surface area contributed by atoms with Crippen LogP contribution in [-0.2, 0) is 126 Å². The molecule has 6 aliphatic heterocycles. The first-order valence-electron chi connectivity index (χ1n) is 39.3. The van der Waals surface area contributed by atoms with Crippen LogP contribution < -0.4 is 0 Å². The summed E-state index contributed by atoms with van der Waals surface area (Å²) in [6.45, 7) is 33.2. The Bertz CT molecular complexity index is 3380. The molecule has 12 unspecified atom stereocenters. The molecule has 23 nitrogen and oxygen atoms in total. The molecule has 30 atom stereocenters. The van der Waals surface area contributed by atoms with Crippen LogP contribution in [0.1, 0.15) is 152 Å². The maximum absolute atomic E-state index is 14.8. The lowest BCUT2D eigenvalue weighted by Crippen LogP contribution is -2.65. The molecule has 0 spiro atoms. The maximum atomic E-state index is 14.8. The number of hydrogen-bond donors (Lipinski definition) is 0. The summed E-state index contributed by atoms with van der Waals surface area (Å²) in [6, 6.07) is 39.1. The van der Waals surface area contributed by atoms with Gasteiger partial charge >= 0.3 is 24.0 Å². The number of carbonyl (C=O) groups is 4. The molecule has 0 aromatic heterocycles. The molecule has 10 rings (SSSR count). The van der Waals surface area contributed by atoms with Crippen LogP contribution in [0.2, 0.25) is 0 Å². The molecule has 598 valence electrons. The molecule has 23 heteroatoms. The lowest BCUT2D eigenvalue weighted by atomic mass is 9.82. The van der Waals surface area contributed by atoms with Crippen molar-refractivity contribution in [1.29, 1.82) is 0 Å². The highest BCUT2D eigenvalue weighted by Gasteiger charge is 2.59. The Morgan fingerprint density at radius 3 is 1.28 bits per heavy atom. The van der Waals surface area contributed by atoms with Crippen LogP contribution in [0.25, 0.3) is 0 Å². The molecule has 4 aromatic carbocycles. The largest absolute Gasteiger partial charge is 0.467 e. The summed E-state index contributed by atoms with van der Waals surface area (Å²) in [6.07, 6.45) is -15.9. The van der Waals surface area contributed by atoms with Gasteiger partial charge in [0.25, 0.3) is 0 Å². The number of esters is 3. The highest BCUT2D eigenvalue weighted by molar-refractivity contribution is 5.75.